The van der Waals surface area contributed by atoms with Crippen molar-refractivity contribution in [2.75, 3.05) is 21.3 Å². The maximum atomic E-state index is 11.2. The largest absolute Gasteiger partial charge is 0.493 e. The highest BCUT2D eigenvalue weighted by atomic mass is 16.5. The van der Waals surface area contributed by atoms with Crippen LogP contribution >= 0.6 is 0 Å². The third-order valence-electron chi connectivity index (χ3n) is 2.40. The molecular weight excluding hydrogens is 238 g/mol. The first-order valence-corrected chi connectivity index (χ1v) is 5.19. The van der Waals surface area contributed by atoms with Crippen LogP contribution in [0.5, 0.6) is 11.5 Å². The predicted molar refractivity (Wildman–Crippen MR) is 63.7 cm³/mol. The molecule has 0 heterocycles. The van der Waals surface area contributed by atoms with Crippen LogP contribution in [0, 0.1) is 0 Å². The van der Waals surface area contributed by atoms with E-state index in [1.807, 2.05) is 0 Å². The molecule has 0 spiro atoms. The fourth-order valence-electron chi connectivity index (χ4n) is 1.49. The molecule has 0 aromatic heterocycles. The Morgan fingerprint density at radius 2 is 1.83 bits per heavy atom. The molecule has 98 valence electrons. The molecule has 18 heavy (non-hydrogen) atoms. The maximum Gasteiger partial charge on any atom is 0.394 e. The number of benzene rings is 1. The van der Waals surface area contributed by atoms with E-state index in [4.69, 9.17) is 14.6 Å². The number of nitrogens with zero attached hydrogens (tertiary/aromatic N) is 1. The molecule has 6 nitrogen and oxygen atoms in total. The fraction of sp³-hybridized carbons (Fsp3) is 0.333. The van der Waals surface area contributed by atoms with Crippen molar-refractivity contribution in [3.8, 4) is 11.5 Å². The van der Waals surface area contributed by atoms with Gasteiger partial charge in [0, 0.05) is 13.6 Å². The molecule has 1 aromatic carbocycles. The number of carboxylic acid groups (broad SMARTS) is 1. The van der Waals surface area contributed by atoms with E-state index in [9.17, 15) is 9.59 Å². The molecule has 0 aliphatic carbocycles. The van der Waals surface area contributed by atoms with Gasteiger partial charge in [0.1, 0.15) is 0 Å². The van der Waals surface area contributed by atoms with E-state index in [2.05, 4.69) is 0 Å². The molecule has 0 fully saturated rings. The Morgan fingerprint density at radius 3 is 2.33 bits per heavy atom. The van der Waals surface area contributed by atoms with Crippen LogP contribution in [0.25, 0.3) is 0 Å². The summed E-state index contributed by atoms with van der Waals surface area (Å²) in [5.74, 6) is -1.32. The number of likely N-dealkylation sites (N-methyl/N-ethyl adjacent to an activating group) is 1. The van der Waals surface area contributed by atoms with Gasteiger partial charge in [-0.1, -0.05) is 6.07 Å². The number of aliphatic carboxylic acids is 1. The van der Waals surface area contributed by atoms with Crippen molar-refractivity contribution in [2.24, 2.45) is 0 Å². The van der Waals surface area contributed by atoms with Gasteiger partial charge in [-0.15, -0.1) is 0 Å². The summed E-state index contributed by atoms with van der Waals surface area (Å²) < 4.78 is 10.2. The molecule has 0 unspecified atom stereocenters. The van der Waals surface area contributed by atoms with Crippen molar-refractivity contribution in [1.29, 1.82) is 0 Å². The van der Waals surface area contributed by atoms with Crippen LogP contribution in [0.1, 0.15) is 5.56 Å². The van der Waals surface area contributed by atoms with Crippen molar-refractivity contribution < 1.29 is 24.2 Å². The van der Waals surface area contributed by atoms with Gasteiger partial charge in [-0.3, -0.25) is 4.79 Å². The summed E-state index contributed by atoms with van der Waals surface area (Å²) >= 11 is 0. The second-order valence-electron chi connectivity index (χ2n) is 3.66. The van der Waals surface area contributed by atoms with Gasteiger partial charge >= 0.3 is 11.9 Å². The van der Waals surface area contributed by atoms with Crippen molar-refractivity contribution in [3.63, 3.8) is 0 Å². The van der Waals surface area contributed by atoms with Gasteiger partial charge < -0.3 is 19.5 Å². The molecule has 0 aliphatic rings. The number of ether oxygens (including phenoxy) is 2. The van der Waals surface area contributed by atoms with Gasteiger partial charge in [0.2, 0.25) is 0 Å². The summed E-state index contributed by atoms with van der Waals surface area (Å²) in [6.45, 7) is 0.186. The lowest BCUT2D eigenvalue weighted by Crippen LogP contribution is -2.32. The summed E-state index contributed by atoms with van der Waals surface area (Å²) in [5, 5.41) is 8.58. The van der Waals surface area contributed by atoms with Gasteiger partial charge in [0.25, 0.3) is 0 Å². The zero-order chi connectivity index (χ0) is 13.7. The average Bonchev–Trinajstić information content (AvgIpc) is 2.37. The van der Waals surface area contributed by atoms with E-state index in [0.29, 0.717) is 11.5 Å². The summed E-state index contributed by atoms with van der Waals surface area (Å²) in [5.41, 5.74) is 0.754. The van der Waals surface area contributed by atoms with E-state index in [1.165, 1.54) is 21.3 Å². The molecule has 1 N–H and O–H groups in total. The summed E-state index contributed by atoms with van der Waals surface area (Å²) in [7, 11) is 4.46. The molecule has 0 radical (unpaired) electrons. The quantitative estimate of drug-likeness (QED) is 0.801. The smallest absolute Gasteiger partial charge is 0.394 e. The summed E-state index contributed by atoms with van der Waals surface area (Å²) in [4.78, 5) is 22.8. The normalized spacial score (nSPS) is 9.72. The topological polar surface area (TPSA) is 76.1 Å². The molecule has 0 aliphatic heterocycles. The van der Waals surface area contributed by atoms with E-state index < -0.39 is 11.9 Å². The Hall–Kier alpha value is -2.24. The van der Waals surface area contributed by atoms with Gasteiger partial charge in [-0.05, 0) is 17.7 Å². The number of methoxy groups -OCH3 is 2. The molecule has 0 bridgehead atoms. The standard InChI is InChI=1S/C12H15NO5/c1-13(11(14)12(15)16)7-8-4-5-9(17-2)10(6-8)18-3/h4-6H,7H2,1-3H3,(H,15,16). The zero-order valence-electron chi connectivity index (χ0n) is 10.5. The van der Waals surface area contributed by atoms with Gasteiger partial charge in [0.15, 0.2) is 11.5 Å². The first-order chi connectivity index (χ1) is 8.49. The Bertz CT molecular complexity index is 458. The van der Waals surface area contributed by atoms with Crippen LogP contribution in [0.4, 0.5) is 0 Å². The van der Waals surface area contributed by atoms with Crippen LogP contribution in [0.15, 0.2) is 18.2 Å². The molecule has 1 rings (SSSR count). The molecule has 1 aromatic rings. The van der Waals surface area contributed by atoms with Crippen LogP contribution in [0.3, 0.4) is 0 Å². The Morgan fingerprint density at radius 1 is 1.22 bits per heavy atom. The van der Waals surface area contributed by atoms with Crippen LogP contribution < -0.4 is 9.47 Å². The molecule has 1 amide bonds. The van der Waals surface area contributed by atoms with Crippen molar-refractivity contribution in [3.05, 3.63) is 23.8 Å². The number of carbonyl (C=O) groups excluding carboxylic acids is 1. The van der Waals surface area contributed by atoms with E-state index in [-0.39, 0.29) is 6.54 Å². The molecule has 6 heteroatoms. The van der Waals surface area contributed by atoms with Gasteiger partial charge in [0.05, 0.1) is 14.2 Å². The minimum Gasteiger partial charge on any atom is -0.493 e. The second kappa shape index (κ2) is 5.90. The number of carbonyl (C=O) groups is 2. The third kappa shape index (κ3) is 3.13. The Labute approximate surface area is 105 Å². The lowest BCUT2D eigenvalue weighted by Gasteiger charge is -2.16. The SMILES string of the molecule is COc1ccc(CN(C)C(=O)C(=O)O)cc1OC. The Balaban J connectivity index is 2.85. The summed E-state index contributed by atoms with van der Waals surface area (Å²) in [6, 6.07) is 5.14. The molecule has 0 saturated heterocycles. The lowest BCUT2D eigenvalue weighted by atomic mass is 10.2. The van der Waals surface area contributed by atoms with E-state index in [0.717, 1.165) is 10.5 Å². The fourth-order valence-corrected chi connectivity index (χ4v) is 1.49. The van der Waals surface area contributed by atoms with Gasteiger partial charge in [-0.2, -0.15) is 0 Å². The van der Waals surface area contributed by atoms with E-state index >= 15 is 0 Å². The second-order valence-corrected chi connectivity index (χ2v) is 3.66. The average molecular weight is 253 g/mol. The highest BCUT2D eigenvalue weighted by Crippen LogP contribution is 2.27. The lowest BCUT2D eigenvalue weighted by molar-refractivity contribution is -0.155. The highest BCUT2D eigenvalue weighted by Gasteiger charge is 2.17. The van der Waals surface area contributed by atoms with Crippen molar-refractivity contribution in [2.45, 2.75) is 6.54 Å². The first kappa shape index (κ1) is 13.8. The molecule has 0 saturated carbocycles. The number of hydrogen-bond acceptors (Lipinski definition) is 4. The predicted octanol–water partition coefficient (Wildman–Crippen LogP) is 0.747. The van der Waals surface area contributed by atoms with Gasteiger partial charge in [-0.25, -0.2) is 4.79 Å². The summed E-state index contributed by atoms with van der Waals surface area (Å²) in [6.07, 6.45) is 0. The number of amides is 1. The van der Waals surface area contributed by atoms with Crippen molar-refractivity contribution in [1.82, 2.24) is 4.90 Å². The van der Waals surface area contributed by atoms with Crippen LogP contribution in [0.2, 0.25) is 0 Å². The zero-order valence-corrected chi connectivity index (χ0v) is 10.5. The Kier molecular flexibility index (Phi) is 4.53. The monoisotopic (exact) mass is 253 g/mol. The molecule has 0 atom stereocenters. The minimum atomic E-state index is -1.47. The maximum absolute atomic E-state index is 11.2. The minimum absolute atomic E-state index is 0.186. The number of hydrogen-bond donors (Lipinski definition) is 1. The highest BCUT2D eigenvalue weighted by molar-refractivity contribution is 6.31. The third-order valence-corrected chi connectivity index (χ3v) is 2.40. The van der Waals surface area contributed by atoms with E-state index in [1.54, 1.807) is 18.2 Å². The molecular formula is C12H15NO5. The number of carboxylic acids is 1. The van der Waals surface area contributed by atoms with Crippen molar-refractivity contribution >= 4 is 11.9 Å². The first-order valence-electron chi connectivity index (χ1n) is 5.19. The number of rotatable bonds is 4. The van der Waals surface area contributed by atoms with Crippen LogP contribution in [-0.4, -0.2) is 43.2 Å². The van der Waals surface area contributed by atoms with Crippen LogP contribution in [-0.2, 0) is 16.1 Å².